The third-order valence-corrected chi connectivity index (χ3v) is 6.82. The number of hydrogen-bond acceptors (Lipinski definition) is 4. The number of aryl methyl sites for hydroxylation is 1. The van der Waals surface area contributed by atoms with Gasteiger partial charge in [-0.1, -0.05) is 55.8 Å². The molecule has 0 saturated carbocycles. The van der Waals surface area contributed by atoms with Crippen LogP contribution in [0.2, 0.25) is 0 Å². The molecular weight excluding hydrogens is 436 g/mol. The second-order valence-corrected chi connectivity index (χ2v) is 10.3. The fourth-order valence-electron chi connectivity index (χ4n) is 5.25. The molecule has 2 aromatic carbocycles. The first kappa shape index (κ1) is 23.0. The van der Waals surface area contributed by atoms with Crippen molar-refractivity contribution < 1.29 is 14.3 Å². The van der Waals surface area contributed by atoms with E-state index in [1.807, 2.05) is 48.5 Å². The Morgan fingerprint density at radius 2 is 1.83 bits per heavy atom. The number of allylic oxidation sites excluding steroid dienone is 2. The van der Waals surface area contributed by atoms with Gasteiger partial charge >= 0.3 is 0 Å². The first-order valence-electron chi connectivity index (χ1n) is 12.1. The van der Waals surface area contributed by atoms with Gasteiger partial charge in [0.1, 0.15) is 12.4 Å². The molecule has 35 heavy (non-hydrogen) atoms. The standard InChI is InChI=1S/C30H30N2O3/c1-20-6-4-7-21(14-20)19-35-24-11-9-22(10-12-24)25-15-28(34)32(23-8-5-13-31-18-23)26-16-30(2,3)17-27(33)29(25)26/h4-14,18,25H,15-17,19H2,1-3H3. The van der Waals surface area contributed by atoms with Crippen molar-refractivity contribution in [3.05, 3.63) is 101 Å². The molecule has 1 unspecified atom stereocenters. The van der Waals surface area contributed by atoms with Crippen molar-refractivity contribution in [3.63, 3.8) is 0 Å². The molecule has 2 heterocycles. The van der Waals surface area contributed by atoms with Crippen LogP contribution in [0.5, 0.6) is 5.75 Å². The van der Waals surface area contributed by atoms with E-state index in [2.05, 4.69) is 37.9 Å². The summed E-state index contributed by atoms with van der Waals surface area (Å²) in [7, 11) is 0. The van der Waals surface area contributed by atoms with E-state index in [1.165, 1.54) is 5.56 Å². The van der Waals surface area contributed by atoms with E-state index < -0.39 is 0 Å². The van der Waals surface area contributed by atoms with E-state index in [1.54, 1.807) is 17.3 Å². The minimum atomic E-state index is -0.250. The molecule has 178 valence electrons. The lowest BCUT2D eigenvalue weighted by atomic mass is 9.69. The Morgan fingerprint density at radius 1 is 1.03 bits per heavy atom. The number of anilines is 1. The van der Waals surface area contributed by atoms with Gasteiger partial charge in [-0.3, -0.25) is 19.5 Å². The number of nitrogens with zero attached hydrogens (tertiary/aromatic N) is 2. The SMILES string of the molecule is Cc1cccc(COc2ccc(C3CC(=O)N(c4cccnc4)C4=C3C(=O)CC(C)(C)C4)cc2)c1. The van der Waals surface area contributed by atoms with Crippen LogP contribution in [0.15, 0.2) is 84.3 Å². The minimum absolute atomic E-state index is 0.00739. The molecule has 2 aliphatic rings. The van der Waals surface area contributed by atoms with E-state index in [9.17, 15) is 9.59 Å². The summed E-state index contributed by atoms with van der Waals surface area (Å²) in [6.07, 6.45) is 4.78. The second kappa shape index (κ2) is 9.14. The van der Waals surface area contributed by atoms with Gasteiger partial charge in [-0.2, -0.15) is 0 Å². The molecule has 1 aliphatic carbocycles. The Morgan fingerprint density at radius 3 is 2.54 bits per heavy atom. The van der Waals surface area contributed by atoms with Crippen LogP contribution in [-0.4, -0.2) is 16.7 Å². The van der Waals surface area contributed by atoms with Crippen LogP contribution >= 0.6 is 0 Å². The topological polar surface area (TPSA) is 59.5 Å². The van der Waals surface area contributed by atoms with Crippen LogP contribution in [0.4, 0.5) is 5.69 Å². The summed E-state index contributed by atoms with van der Waals surface area (Å²) >= 11 is 0. The Bertz CT molecular complexity index is 1290. The van der Waals surface area contributed by atoms with E-state index in [0.717, 1.165) is 28.1 Å². The van der Waals surface area contributed by atoms with E-state index in [0.29, 0.717) is 25.1 Å². The molecule has 5 rings (SSSR count). The molecule has 0 bridgehead atoms. The van der Waals surface area contributed by atoms with Crippen molar-refractivity contribution in [1.82, 2.24) is 4.98 Å². The lowest BCUT2D eigenvalue weighted by Crippen LogP contribution is -2.43. The molecule has 3 aromatic rings. The lowest BCUT2D eigenvalue weighted by Gasteiger charge is -2.42. The van der Waals surface area contributed by atoms with Gasteiger partial charge in [0.15, 0.2) is 5.78 Å². The highest BCUT2D eigenvalue weighted by atomic mass is 16.5. The summed E-state index contributed by atoms with van der Waals surface area (Å²) in [5, 5.41) is 0. The Kier molecular flexibility index (Phi) is 6.01. The molecule has 0 radical (unpaired) electrons. The number of hydrogen-bond donors (Lipinski definition) is 0. The molecule has 1 amide bonds. The molecule has 1 aromatic heterocycles. The van der Waals surface area contributed by atoms with E-state index in [-0.39, 0.29) is 29.4 Å². The molecular formula is C30H30N2O3. The van der Waals surface area contributed by atoms with Gasteiger partial charge in [0, 0.05) is 36.2 Å². The maximum atomic E-state index is 13.4. The van der Waals surface area contributed by atoms with Crippen molar-refractivity contribution in [3.8, 4) is 5.75 Å². The van der Waals surface area contributed by atoms with Crippen molar-refractivity contribution in [1.29, 1.82) is 0 Å². The number of carbonyl (C=O) groups excluding carboxylic acids is 2. The number of ketones is 1. The van der Waals surface area contributed by atoms with Crippen LogP contribution in [0.1, 0.15) is 55.7 Å². The van der Waals surface area contributed by atoms with Gasteiger partial charge in [0.2, 0.25) is 5.91 Å². The van der Waals surface area contributed by atoms with Gasteiger partial charge in [-0.15, -0.1) is 0 Å². The second-order valence-electron chi connectivity index (χ2n) is 10.3. The average Bonchev–Trinajstić information content (AvgIpc) is 2.82. The molecule has 0 spiro atoms. The van der Waals surface area contributed by atoms with Crippen molar-refractivity contribution >= 4 is 17.4 Å². The van der Waals surface area contributed by atoms with E-state index in [4.69, 9.17) is 4.74 Å². The van der Waals surface area contributed by atoms with Gasteiger partial charge in [0.05, 0.1) is 11.9 Å². The number of rotatable bonds is 5. The van der Waals surface area contributed by atoms with Crippen LogP contribution in [0.3, 0.4) is 0 Å². The molecule has 0 saturated heterocycles. The predicted molar refractivity (Wildman–Crippen MR) is 136 cm³/mol. The summed E-state index contributed by atoms with van der Waals surface area (Å²) in [6.45, 7) is 6.73. The Labute approximate surface area is 206 Å². The maximum Gasteiger partial charge on any atom is 0.232 e. The molecule has 0 N–H and O–H groups in total. The maximum absolute atomic E-state index is 13.4. The molecule has 5 heteroatoms. The van der Waals surface area contributed by atoms with Crippen LogP contribution in [0.25, 0.3) is 0 Å². The zero-order valence-corrected chi connectivity index (χ0v) is 20.5. The normalized spacial score (nSPS) is 19.5. The van der Waals surface area contributed by atoms with Crippen molar-refractivity contribution in [2.75, 3.05) is 4.90 Å². The fourth-order valence-corrected chi connectivity index (χ4v) is 5.25. The fraction of sp³-hybridized carbons (Fsp3) is 0.300. The first-order chi connectivity index (χ1) is 16.8. The number of Topliss-reactive ketones (excluding diaryl/α,β-unsaturated/α-hetero) is 1. The zero-order valence-electron chi connectivity index (χ0n) is 20.5. The third kappa shape index (κ3) is 4.76. The summed E-state index contributed by atoms with van der Waals surface area (Å²) in [5.74, 6) is 0.633. The van der Waals surface area contributed by atoms with Crippen LogP contribution < -0.4 is 9.64 Å². The summed E-state index contributed by atoms with van der Waals surface area (Å²) in [6, 6.07) is 19.8. The molecule has 5 nitrogen and oxygen atoms in total. The van der Waals surface area contributed by atoms with Crippen molar-refractivity contribution in [2.45, 2.75) is 52.6 Å². The first-order valence-corrected chi connectivity index (χ1v) is 12.1. The van der Waals surface area contributed by atoms with Gasteiger partial charge in [-0.25, -0.2) is 0 Å². The van der Waals surface area contributed by atoms with Gasteiger partial charge in [-0.05, 0) is 54.2 Å². The summed E-state index contributed by atoms with van der Waals surface area (Å²) in [5.41, 5.74) is 5.38. The summed E-state index contributed by atoms with van der Waals surface area (Å²) < 4.78 is 5.98. The highest BCUT2D eigenvalue weighted by Gasteiger charge is 2.44. The number of amides is 1. The number of ether oxygens (including phenoxy) is 1. The smallest absolute Gasteiger partial charge is 0.232 e. The number of aromatic nitrogens is 1. The van der Waals surface area contributed by atoms with Gasteiger partial charge < -0.3 is 4.74 Å². The average molecular weight is 467 g/mol. The third-order valence-electron chi connectivity index (χ3n) is 6.82. The Balaban J connectivity index is 1.45. The summed E-state index contributed by atoms with van der Waals surface area (Å²) in [4.78, 5) is 32.8. The highest BCUT2D eigenvalue weighted by molar-refractivity contribution is 6.07. The van der Waals surface area contributed by atoms with E-state index >= 15 is 0 Å². The quantitative estimate of drug-likeness (QED) is 0.454. The largest absolute Gasteiger partial charge is 0.489 e. The lowest BCUT2D eigenvalue weighted by molar-refractivity contribution is -0.121. The monoisotopic (exact) mass is 466 g/mol. The minimum Gasteiger partial charge on any atom is -0.489 e. The van der Waals surface area contributed by atoms with Crippen LogP contribution in [-0.2, 0) is 16.2 Å². The number of pyridine rings is 1. The van der Waals surface area contributed by atoms with Crippen molar-refractivity contribution in [2.24, 2.45) is 5.41 Å². The molecule has 0 fully saturated rings. The number of carbonyl (C=O) groups is 2. The Hall–Kier alpha value is -3.73. The molecule has 1 aliphatic heterocycles. The van der Waals surface area contributed by atoms with Gasteiger partial charge in [0.25, 0.3) is 0 Å². The predicted octanol–water partition coefficient (Wildman–Crippen LogP) is 6.13. The van der Waals surface area contributed by atoms with Crippen LogP contribution in [0, 0.1) is 12.3 Å². The number of benzene rings is 2. The zero-order chi connectivity index (χ0) is 24.6. The molecule has 1 atom stereocenters. The highest BCUT2D eigenvalue weighted by Crippen LogP contribution is 2.48.